The van der Waals surface area contributed by atoms with Crippen molar-refractivity contribution in [1.82, 2.24) is 4.98 Å². The van der Waals surface area contributed by atoms with E-state index >= 15 is 0 Å². The molecular weight excluding hydrogens is 257 g/mol. The molecule has 1 aromatic carbocycles. The number of rotatable bonds is 0. The predicted molar refractivity (Wildman–Crippen MR) is 73.1 cm³/mol. The van der Waals surface area contributed by atoms with Gasteiger partial charge in [0.05, 0.1) is 11.1 Å². The fraction of sp³-hybridized carbons (Fsp3) is 0.125. The van der Waals surface area contributed by atoms with Crippen molar-refractivity contribution in [2.45, 2.75) is 12.8 Å². The van der Waals surface area contributed by atoms with Gasteiger partial charge in [-0.15, -0.1) is 0 Å². The minimum atomic E-state index is -0.428. The van der Waals surface area contributed by atoms with Crippen molar-refractivity contribution in [1.29, 1.82) is 0 Å². The lowest BCUT2D eigenvalue weighted by molar-refractivity contribution is 0.594. The standard InChI is InChI=1S/C16H10FNO2/c17-9-3-6-14-12(8-9)15(19)11-4-5-13-10(16(11)20-14)2-1-7-18-13/h1-3,6-8H,4-5H2. The molecule has 0 fully saturated rings. The van der Waals surface area contributed by atoms with Crippen LogP contribution in [0, 0.1) is 5.82 Å². The number of pyridine rings is 1. The lowest BCUT2D eigenvalue weighted by Gasteiger charge is -2.17. The summed E-state index contributed by atoms with van der Waals surface area (Å²) in [4.78, 5) is 16.8. The third-order valence-corrected chi connectivity index (χ3v) is 3.69. The molecule has 20 heavy (non-hydrogen) atoms. The SMILES string of the molecule is O=c1c2c(oc3ccc(F)cc13)-c1cccnc1CC2. The summed E-state index contributed by atoms with van der Waals surface area (Å²) < 4.78 is 19.1. The van der Waals surface area contributed by atoms with Gasteiger partial charge < -0.3 is 4.42 Å². The molecule has 0 unspecified atom stereocenters. The van der Waals surface area contributed by atoms with Gasteiger partial charge in [-0.05, 0) is 43.2 Å². The summed E-state index contributed by atoms with van der Waals surface area (Å²) in [6.45, 7) is 0. The van der Waals surface area contributed by atoms with E-state index in [4.69, 9.17) is 4.42 Å². The first-order valence-electron chi connectivity index (χ1n) is 6.43. The molecule has 0 aliphatic heterocycles. The molecule has 2 aromatic heterocycles. The van der Waals surface area contributed by atoms with Crippen LogP contribution in [-0.4, -0.2) is 4.98 Å². The van der Waals surface area contributed by atoms with Crippen LogP contribution in [0.3, 0.4) is 0 Å². The molecule has 98 valence electrons. The van der Waals surface area contributed by atoms with Crippen molar-refractivity contribution in [3.8, 4) is 11.3 Å². The monoisotopic (exact) mass is 267 g/mol. The Kier molecular flexibility index (Phi) is 2.27. The minimum absolute atomic E-state index is 0.143. The number of benzene rings is 1. The van der Waals surface area contributed by atoms with Gasteiger partial charge in [0.1, 0.15) is 17.2 Å². The van der Waals surface area contributed by atoms with Gasteiger partial charge in [-0.2, -0.15) is 0 Å². The highest BCUT2D eigenvalue weighted by Crippen LogP contribution is 2.32. The van der Waals surface area contributed by atoms with E-state index in [9.17, 15) is 9.18 Å². The molecule has 0 saturated heterocycles. The number of aryl methyl sites for hydroxylation is 1. The van der Waals surface area contributed by atoms with Crippen LogP contribution in [0.4, 0.5) is 4.39 Å². The van der Waals surface area contributed by atoms with E-state index in [-0.39, 0.29) is 5.43 Å². The van der Waals surface area contributed by atoms with Gasteiger partial charge in [0.25, 0.3) is 0 Å². The Bertz CT molecular complexity index is 899. The van der Waals surface area contributed by atoms with Crippen LogP contribution in [0.25, 0.3) is 22.3 Å². The molecule has 0 atom stereocenters. The first-order valence-corrected chi connectivity index (χ1v) is 6.43. The second-order valence-electron chi connectivity index (χ2n) is 4.88. The predicted octanol–water partition coefficient (Wildman–Crippen LogP) is 3.09. The molecule has 0 amide bonds. The largest absolute Gasteiger partial charge is 0.455 e. The van der Waals surface area contributed by atoms with Crippen LogP contribution in [-0.2, 0) is 12.8 Å². The van der Waals surface area contributed by atoms with Gasteiger partial charge in [0.15, 0.2) is 5.43 Å². The quantitative estimate of drug-likeness (QED) is 0.628. The van der Waals surface area contributed by atoms with E-state index in [1.54, 1.807) is 6.20 Å². The van der Waals surface area contributed by atoms with E-state index < -0.39 is 5.82 Å². The number of aromatic nitrogens is 1. The summed E-state index contributed by atoms with van der Waals surface area (Å²) in [6.07, 6.45) is 3.02. The number of fused-ring (bicyclic) bond motifs is 4. The zero-order chi connectivity index (χ0) is 13.7. The maximum Gasteiger partial charge on any atom is 0.196 e. The van der Waals surface area contributed by atoms with E-state index in [1.165, 1.54) is 18.2 Å². The maximum atomic E-state index is 13.3. The summed E-state index contributed by atoms with van der Waals surface area (Å²) in [6, 6.07) is 7.75. The second kappa shape index (κ2) is 4.00. The number of halogens is 1. The van der Waals surface area contributed by atoms with Crippen LogP contribution >= 0.6 is 0 Å². The normalized spacial score (nSPS) is 13.1. The number of nitrogens with zero attached hydrogens (tertiary/aromatic N) is 1. The Balaban J connectivity index is 2.12. The van der Waals surface area contributed by atoms with E-state index in [0.717, 1.165) is 11.3 Å². The van der Waals surface area contributed by atoms with Gasteiger partial charge in [0.2, 0.25) is 0 Å². The summed E-state index contributed by atoms with van der Waals surface area (Å²) in [5.41, 5.74) is 2.67. The second-order valence-corrected chi connectivity index (χ2v) is 4.88. The third kappa shape index (κ3) is 1.51. The first-order chi connectivity index (χ1) is 9.74. The Morgan fingerprint density at radius 2 is 2.10 bits per heavy atom. The Labute approximate surface area is 113 Å². The Morgan fingerprint density at radius 1 is 1.20 bits per heavy atom. The Morgan fingerprint density at radius 3 is 3.00 bits per heavy atom. The maximum absolute atomic E-state index is 13.3. The zero-order valence-electron chi connectivity index (χ0n) is 10.5. The fourth-order valence-electron chi connectivity index (χ4n) is 2.74. The number of hydrogen-bond donors (Lipinski definition) is 0. The molecule has 2 heterocycles. The topological polar surface area (TPSA) is 43.1 Å². The summed E-state index contributed by atoms with van der Waals surface area (Å²) in [5, 5.41) is 0.302. The highest BCUT2D eigenvalue weighted by atomic mass is 19.1. The molecule has 1 aliphatic carbocycles. The third-order valence-electron chi connectivity index (χ3n) is 3.69. The highest BCUT2D eigenvalue weighted by molar-refractivity contribution is 5.81. The van der Waals surface area contributed by atoms with Gasteiger partial charge in [-0.1, -0.05) is 0 Å². The van der Waals surface area contributed by atoms with Crippen LogP contribution in [0.2, 0.25) is 0 Å². The fourth-order valence-corrected chi connectivity index (χ4v) is 2.74. The molecular formula is C16H10FNO2. The van der Waals surface area contributed by atoms with Crippen LogP contribution in [0.15, 0.2) is 45.7 Å². The van der Waals surface area contributed by atoms with E-state index in [2.05, 4.69) is 4.98 Å². The van der Waals surface area contributed by atoms with Crippen molar-refractivity contribution in [3.63, 3.8) is 0 Å². The van der Waals surface area contributed by atoms with Crippen molar-refractivity contribution in [2.24, 2.45) is 0 Å². The smallest absolute Gasteiger partial charge is 0.196 e. The van der Waals surface area contributed by atoms with Crippen molar-refractivity contribution >= 4 is 11.0 Å². The Hall–Kier alpha value is -2.49. The molecule has 4 rings (SSSR count). The van der Waals surface area contributed by atoms with Crippen LogP contribution in [0.5, 0.6) is 0 Å². The van der Waals surface area contributed by atoms with Gasteiger partial charge in [0, 0.05) is 17.3 Å². The van der Waals surface area contributed by atoms with Gasteiger partial charge >= 0.3 is 0 Å². The summed E-state index contributed by atoms with van der Waals surface area (Å²) in [5.74, 6) is 0.145. The molecule has 3 nitrogen and oxygen atoms in total. The molecule has 0 bridgehead atoms. The molecule has 0 spiro atoms. The van der Waals surface area contributed by atoms with Crippen LogP contribution in [0.1, 0.15) is 11.3 Å². The van der Waals surface area contributed by atoms with Crippen LogP contribution < -0.4 is 5.43 Å². The lowest BCUT2D eigenvalue weighted by atomic mass is 9.92. The summed E-state index contributed by atoms with van der Waals surface area (Å²) in [7, 11) is 0. The van der Waals surface area contributed by atoms with Crippen molar-refractivity contribution in [2.75, 3.05) is 0 Å². The molecule has 0 saturated carbocycles. The van der Waals surface area contributed by atoms with E-state index in [1.807, 2.05) is 12.1 Å². The molecule has 3 aromatic rings. The first kappa shape index (κ1) is 11.3. The highest BCUT2D eigenvalue weighted by Gasteiger charge is 2.23. The van der Waals surface area contributed by atoms with Crippen molar-refractivity contribution < 1.29 is 8.81 Å². The van der Waals surface area contributed by atoms with E-state index in [0.29, 0.717) is 35.1 Å². The number of hydrogen-bond acceptors (Lipinski definition) is 3. The average molecular weight is 267 g/mol. The zero-order valence-corrected chi connectivity index (χ0v) is 10.5. The molecule has 0 radical (unpaired) electrons. The lowest BCUT2D eigenvalue weighted by Crippen LogP contribution is -2.17. The van der Waals surface area contributed by atoms with Gasteiger partial charge in [-0.25, -0.2) is 4.39 Å². The molecule has 0 N–H and O–H groups in total. The average Bonchev–Trinajstić information content (AvgIpc) is 2.48. The minimum Gasteiger partial charge on any atom is -0.455 e. The summed E-state index contributed by atoms with van der Waals surface area (Å²) >= 11 is 0. The molecule has 4 heteroatoms. The van der Waals surface area contributed by atoms with Gasteiger partial charge in [-0.3, -0.25) is 9.78 Å². The molecule has 1 aliphatic rings. The van der Waals surface area contributed by atoms with Crippen molar-refractivity contribution in [3.05, 3.63) is 63.8 Å².